The Kier molecular flexibility index (Phi) is 14.8. The fraction of sp³-hybridized carbons (Fsp3) is 0.531. The molecule has 13 N–H and O–H groups in total. The minimum Gasteiger partial charge on any atom is -0.756 e. The standard InChI is InChI=1S/C32H43N15O24P4/c1-44-9-47(25-15(44)27(53)43-32(35)41-25)29-19(51)17(49)11(67-29)4-64-73(56,57)70-75(60,61)71-74(58,59)65-5-12-20(21(62-2)30(68-12)45-7-38-13-22(33)36-6-37-23(13)45)69-72(54,55)63-3-10-16(48)18(50)28(66-10)46-8-39-14-24(46)40-31(34)42-26(14)52/h6-12,16-21,28-30,48-51H,3-5H2,1-2H3,(H11-,33,34,35,36,37,40,41,42,43,52,53,54,55,56,57,58,59,60,61)/p-2. The number of nitrogens with two attached hydrogens (primary N) is 3. The summed E-state index contributed by atoms with van der Waals surface area (Å²) in [7, 11) is -22.1. The number of imidazole rings is 3. The van der Waals surface area contributed by atoms with Crippen molar-refractivity contribution < 1.29 is 108 Å². The molecule has 75 heavy (non-hydrogen) atoms. The second-order valence-corrected chi connectivity index (χ2v) is 22.3. The van der Waals surface area contributed by atoms with Gasteiger partial charge in [0, 0.05) is 7.11 Å². The number of hydrogen-bond acceptors (Lipinski definition) is 32. The Morgan fingerprint density at radius 1 is 0.707 bits per heavy atom. The largest absolute Gasteiger partial charge is 0.756 e. The molecule has 16 atom stereocenters. The summed E-state index contributed by atoms with van der Waals surface area (Å²) in [6.45, 7) is -3.64. The molecule has 3 aliphatic rings. The molecule has 6 aromatic heterocycles. The highest BCUT2D eigenvalue weighted by atomic mass is 31.3. The summed E-state index contributed by atoms with van der Waals surface area (Å²) in [5, 5.41) is 43.1. The molecular weight excluding hydrogens is 1100 g/mol. The molecule has 3 aliphatic heterocycles. The van der Waals surface area contributed by atoms with Gasteiger partial charge in [-0.2, -0.15) is 4.98 Å². The lowest BCUT2D eigenvalue weighted by Crippen LogP contribution is -2.46. The monoisotopic (exact) mass is 1140 g/mol. The van der Waals surface area contributed by atoms with E-state index >= 15 is 0 Å². The van der Waals surface area contributed by atoms with E-state index < -0.39 is 136 Å². The van der Waals surface area contributed by atoms with Gasteiger partial charge in [0.2, 0.25) is 17.7 Å². The predicted molar refractivity (Wildman–Crippen MR) is 232 cm³/mol. The van der Waals surface area contributed by atoms with Crippen molar-refractivity contribution in [2.24, 2.45) is 7.05 Å². The Hall–Kier alpha value is -5.15. The van der Waals surface area contributed by atoms with E-state index in [0.717, 1.165) is 39.8 Å². The van der Waals surface area contributed by atoms with Crippen LogP contribution in [-0.4, -0.2) is 161 Å². The first kappa shape index (κ1) is 54.6. The van der Waals surface area contributed by atoms with Crippen LogP contribution in [0.4, 0.5) is 17.7 Å². The van der Waals surface area contributed by atoms with Crippen LogP contribution in [0.25, 0.3) is 33.5 Å². The van der Waals surface area contributed by atoms with Crippen LogP contribution in [0.3, 0.4) is 0 Å². The normalized spacial score (nSPS) is 30.5. The maximum absolute atomic E-state index is 13.6. The van der Waals surface area contributed by atoms with Crippen molar-refractivity contribution in [2.75, 3.05) is 44.1 Å². The predicted octanol–water partition coefficient (Wildman–Crippen LogP) is -6.61. The van der Waals surface area contributed by atoms with Crippen molar-refractivity contribution in [3.05, 3.63) is 46.0 Å². The number of H-pyrrole nitrogens is 2. The van der Waals surface area contributed by atoms with Crippen LogP contribution < -0.4 is 47.6 Å². The number of nitrogen functional groups attached to an aromatic ring is 3. The third-order valence-electron chi connectivity index (χ3n) is 11.5. The number of methoxy groups -OCH3 is 1. The fourth-order valence-corrected chi connectivity index (χ4v) is 12.6. The highest BCUT2D eigenvalue weighted by molar-refractivity contribution is 7.65. The SMILES string of the molecule is COC1C(OP(=O)(O)OCC2OC(n3cnc4c(=O)[nH]c(N)nc43)C(O)C2O)C(COP(=O)([O-])OP(=O)([O-])OP(=O)([O-])OCC2OC([n+]3cn(C)c4c(=O)[nH]c(N)nc43)C(O)C2O)OC1n1cnc2c(N)ncnc21. The van der Waals surface area contributed by atoms with Crippen LogP contribution in [0.15, 0.2) is 34.9 Å². The highest BCUT2D eigenvalue weighted by Gasteiger charge is 2.53. The molecule has 0 bridgehead atoms. The van der Waals surface area contributed by atoms with Gasteiger partial charge in [0.25, 0.3) is 40.5 Å². The number of phosphoric ester groups is 3. The van der Waals surface area contributed by atoms with Crippen molar-refractivity contribution in [1.82, 2.24) is 53.6 Å². The number of nitrogens with zero attached hydrogens (tertiary/aromatic N) is 10. The minimum atomic E-state index is -6.58. The van der Waals surface area contributed by atoms with Crippen molar-refractivity contribution >= 4 is 82.5 Å². The molecule has 0 amide bonds. The Morgan fingerprint density at radius 3 is 1.96 bits per heavy atom. The summed E-state index contributed by atoms with van der Waals surface area (Å²) in [5.41, 5.74) is 15.2. The number of aliphatic hydroxyl groups excluding tert-OH is 4. The number of anilines is 3. The topological polar surface area (TPSA) is 571 Å². The van der Waals surface area contributed by atoms with E-state index in [-0.39, 0.29) is 51.2 Å². The van der Waals surface area contributed by atoms with Crippen LogP contribution in [0.2, 0.25) is 0 Å². The first-order valence-corrected chi connectivity index (χ1v) is 27.0. The molecule has 43 heteroatoms. The van der Waals surface area contributed by atoms with E-state index in [9.17, 15) is 67.8 Å². The highest BCUT2D eigenvalue weighted by Crippen LogP contribution is 2.63. The van der Waals surface area contributed by atoms with Crippen LogP contribution in [0.1, 0.15) is 18.7 Å². The van der Waals surface area contributed by atoms with E-state index in [1.165, 1.54) is 17.9 Å². The van der Waals surface area contributed by atoms with E-state index in [2.05, 4.69) is 53.0 Å². The van der Waals surface area contributed by atoms with Gasteiger partial charge in [0.05, 0.1) is 39.5 Å². The van der Waals surface area contributed by atoms with Gasteiger partial charge in [-0.05, 0) is 0 Å². The molecule has 16 unspecified atom stereocenters. The van der Waals surface area contributed by atoms with Crippen molar-refractivity contribution in [2.45, 2.75) is 73.6 Å². The minimum absolute atomic E-state index is 0.0205. The van der Waals surface area contributed by atoms with Gasteiger partial charge in [-0.3, -0.25) is 56.0 Å². The molecule has 9 heterocycles. The number of fused-ring (bicyclic) bond motifs is 3. The molecule has 3 fully saturated rings. The molecule has 3 saturated heterocycles. The Balaban J connectivity index is 0.862. The van der Waals surface area contributed by atoms with Gasteiger partial charge < -0.3 is 85.2 Å². The van der Waals surface area contributed by atoms with Gasteiger partial charge in [-0.15, -0.1) is 0 Å². The molecule has 0 radical (unpaired) electrons. The first-order chi connectivity index (χ1) is 35.2. The van der Waals surface area contributed by atoms with Crippen molar-refractivity contribution in [3.8, 4) is 0 Å². The Bertz CT molecular complexity index is 3470. The molecule has 6 aromatic rings. The summed E-state index contributed by atoms with van der Waals surface area (Å²) < 4.78 is 107. The molecule has 0 aliphatic carbocycles. The quantitative estimate of drug-likeness (QED) is 0.0266. The number of rotatable bonds is 19. The number of hydrogen-bond donors (Lipinski definition) is 10. The summed E-state index contributed by atoms with van der Waals surface area (Å²) in [6.07, 6.45) is -16.4. The smallest absolute Gasteiger partial charge is 0.472 e. The second-order valence-electron chi connectivity index (χ2n) is 16.4. The summed E-state index contributed by atoms with van der Waals surface area (Å²) in [6, 6.07) is 0. The number of aromatic nitrogens is 12. The summed E-state index contributed by atoms with van der Waals surface area (Å²) in [4.78, 5) is 103. The zero-order valence-electron chi connectivity index (χ0n) is 37.8. The third kappa shape index (κ3) is 10.9. The van der Waals surface area contributed by atoms with Crippen LogP contribution >= 0.6 is 31.3 Å². The summed E-state index contributed by atoms with van der Waals surface area (Å²) in [5.74, 6) is -0.762. The average molecular weight is 1140 g/mol. The van der Waals surface area contributed by atoms with Crippen LogP contribution in [0.5, 0.6) is 0 Å². The zero-order chi connectivity index (χ0) is 54.3. The van der Waals surface area contributed by atoms with Gasteiger partial charge >= 0.3 is 13.5 Å². The molecular formula is C32H41N15O24P4-2. The first-order valence-electron chi connectivity index (χ1n) is 21.1. The fourth-order valence-electron chi connectivity index (χ4n) is 8.27. The van der Waals surface area contributed by atoms with Crippen molar-refractivity contribution in [1.29, 1.82) is 0 Å². The maximum atomic E-state index is 13.6. The molecule has 0 spiro atoms. The number of aryl methyl sites for hydroxylation is 1. The Labute approximate surface area is 414 Å². The second kappa shape index (κ2) is 20.3. The Morgan fingerprint density at radius 2 is 1.28 bits per heavy atom. The van der Waals surface area contributed by atoms with E-state index in [4.69, 9.17) is 49.7 Å². The van der Waals surface area contributed by atoms with Crippen molar-refractivity contribution in [3.63, 3.8) is 0 Å². The molecule has 9 rings (SSSR count). The van der Waals surface area contributed by atoms with Gasteiger partial charge in [0.1, 0.15) is 66.8 Å². The van der Waals surface area contributed by atoms with Gasteiger partial charge in [0.15, 0.2) is 41.4 Å². The lowest BCUT2D eigenvalue weighted by atomic mass is 10.1. The average Bonchev–Trinajstić information content (AvgIpc) is 4.17. The number of aromatic amines is 2. The van der Waals surface area contributed by atoms with Gasteiger partial charge in [-0.1, -0.05) is 4.98 Å². The third-order valence-corrected chi connectivity index (χ3v) is 16.6. The molecule has 0 aromatic carbocycles. The van der Waals surface area contributed by atoms with E-state index in [1.54, 1.807) is 0 Å². The van der Waals surface area contributed by atoms with Crippen LogP contribution in [0, 0.1) is 0 Å². The lowest BCUT2D eigenvalue weighted by Gasteiger charge is -2.35. The number of phosphoric acid groups is 4. The number of aliphatic hydroxyl groups is 4. The zero-order valence-corrected chi connectivity index (χ0v) is 41.4. The molecule has 39 nitrogen and oxygen atoms in total. The van der Waals surface area contributed by atoms with E-state index in [0.29, 0.717) is 0 Å². The number of nitrogens with one attached hydrogen (secondary N) is 2. The molecule has 410 valence electrons. The lowest BCUT2D eigenvalue weighted by molar-refractivity contribution is -0.745. The van der Waals surface area contributed by atoms with E-state index in [1.807, 2.05) is 0 Å². The molecule has 0 saturated carbocycles. The number of ether oxygens (including phenoxy) is 4. The maximum Gasteiger partial charge on any atom is 0.472 e. The summed E-state index contributed by atoms with van der Waals surface area (Å²) >= 11 is 0. The van der Waals surface area contributed by atoms with Crippen LogP contribution in [-0.2, 0) is 71.0 Å². The van der Waals surface area contributed by atoms with Gasteiger partial charge in [-0.25, -0.2) is 37.7 Å².